The summed E-state index contributed by atoms with van der Waals surface area (Å²) in [4.78, 5) is 15.7. The number of nitrogens with zero attached hydrogens (tertiary/aromatic N) is 2. The first kappa shape index (κ1) is 11.1. The van der Waals surface area contributed by atoms with E-state index in [1.54, 1.807) is 24.5 Å². The molecule has 0 radical (unpaired) electrons. The van der Waals surface area contributed by atoms with Crippen LogP contribution in [0.1, 0.15) is 30.1 Å². The fourth-order valence-corrected chi connectivity index (χ4v) is 1.83. The minimum absolute atomic E-state index is 0.0670. The predicted molar refractivity (Wildman–Crippen MR) is 61.7 cm³/mol. The molecule has 1 aromatic heterocycles. The maximum absolute atomic E-state index is 11.8. The van der Waals surface area contributed by atoms with Crippen LogP contribution in [0.15, 0.2) is 24.5 Å². The lowest BCUT2D eigenvalue weighted by Crippen LogP contribution is -2.46. The molecule has 4 heteroatoms. The van der Waals surface area contributed by atoms with E-state index in [9.17, 15) is 4.79 Å². The molecule has 16 heavy (non-hydrogen) atoms. The number of hydrazine groups is 1. The molecule has 1 amide bonds. The topological polar surface area (TPSA) is 45.2 Å². The van der Waals surface area contributed by atoms with Gasteiger partial charge in [-0.15, -0.1) is 0 Å². The summed E-state index contributed by atoms with van der Waals surface area (Å²) in [6.07, 6.45) is 5.54. The maximum Gasteiger partial charge on any atom is 0.267 e. The standard InChI is InChI=1S/C12H17N3O/c1-10-4-7-15(8-5-10)14-12(16)11-3-2-6-13-9-11/h2-3,6,9-10H,4-5,7-8H2,1H3,(H,14,16). The Labute approximate surface area is 95.6 Å². The zero-order chi connectivity index (χ0) is 11.4. The van der Waals surface area contributed by atoms with Gasteiger partial charge in [-0.3, -0.25) is 15.2 Å². The lowest BCUT2D eigenvalue weighted by molar-refractivity contribution is 0.0711. The third kappa shape index (κ3) is 2.79. The minimum atomic E-state index is -0.0670. The minimum Gasteiger partial charge on any atom is -0.285 e. The van der Waals surface area contributed by atoms with Crippen molar-refractivity contribution in [2.75, 3.05) is 13.1 Å². The highest BCUT2D eigenvalue weighted by Gasteiger charge is 2.17. The highest BCUT2D eigenvalue weighted by atomic mass is 16.2. The fourth-order valence-electron chi connectivity index (χ4n) is 1.83. The summed E-state index contributed by atoms with van der Waals surface area (Å²) in [5, 5.41) is 2.00. The number of aromatic nitrogens is 1. The van der Waals surface area contributed by atoms with E-state index in [4.69, 9.17) is 0 Å². The number of amides is 1. The van der Waals surface area contributed by atoms with Crippen LogP contribution in [0.2, 0.25) is 0 Å². The van der Waals surface area contributed by atoms with Crippen molar-refractivity contribution >= 4 is 5.91 Å². The molecule has 2 rings (SSSR count). The number of carbonyl (C=O) groups is 1. The van der Waals surface area contributed by atoms with Gasteiger partial charge in [0.2, 0.25) is 0 Å². The monoisotopic (exact) mass is 219 g/mol. The van der Waals surface area contributed by atoms with Gasteiger partial charge < -0.3 is 0 Å². The Morgan fingerprint density at radius 3 is 2.88 bits per heavy atom. The van der Waals surface area contributed by atoms with Gasteiger partial charge in [0.05, 0.1) is 5.56 Å². The van der Waals surface area contributed by atoms with E-state index >= 15 is 0 Å². The third-order valence-corrected chi connectivity index (χ3v) is 2.97. The summed E-state index contributed by atoms with van der Waals surface area (Å²) >= 11 is 0. The van der Waals surface area contributed by atoms with Gasteiger partial charge in [0.1, 0.15) is 0 Å². The molecule has 4 nitrogen and oxygen atoms in total. The van der Waals surface area contributed by atoms with Crippen LogP contribution in [-0.4, -0.2) is 29.0 Å². The largest absolute Gasteiger partial charge is 0.285 e. The van der Waals surface area contributed by atoms with Gasteiger partial charge >= 0.3 is 0 Å². The van der Waals surface area contributed by atoms with Gasteiger partial charge in [0, 0.05) is 25.5 Å². The highest BCUT2D eigenvalue weighted by molar-refractivity contribution is 5.93. The molecule has 1 aliphatic heterocycles. The summed E-state index contributed by atoms with van der Waals surface area (Å²) in [5.41, 5.74) is 3.52. The first-order chi connectivity index (χ1) is 7.75. The molecule has 1 fully saturated rings. The molecule has 1 aromatic rings. The zero-order valence-corrected chi connectivity index (χ0v) is 9.52. The van der Waals surface area contributed by atoms with Crippen LogP contribution in [0.5, 0.6) is 0 Å². The molecule has 1 N–H and O–H groups in total. The number of rotatable bonds is 2. The molecular formula is C12H17N3O. The summed E-state index contributed by atoms with van der Waals surface area (Å²) in [6, 6.07) is 3.54. The lowest BCUT2D eigenvalue weighted by Gasteiger charge is -2.30. The summed E-state index contributed by atoms with van der Waals surface area (Å²) in [7, 11) is 0. The summed E-state index contributed by atoms with van der Waals surface area (Å²) in [5.74, 6) is 0.703. The smallest absolute Gasteiger partial charge is 0.267 e. The molecule has 1 saturated heterocycles. The number of carbonyl (C=O) groups excluding carboxylic acids is 1. The molecule has 0 atom stereocenters. The molecule has 1 aliphatic rings. The van der Waals surface area contributed by atoms with Gasteiger partial charge in [-0.25, -0.2) is 5.01 Å². The number of nitrogens with one attached hydrogen (secondary N) is 1. The number of hydrogen-bond donors (Lipinski definition) is 1. The van der Waals surface area contributed by atoms with Gasteiger partial charge in [-0.2, -0.15) is 0 Å². The number of pyridine rings is 1. The maximum atomic E-state index is 11.8. The molecule has 0 unspecified atom stereocenters. The third-order valence-electron chi connectivity index (χ3n) is 2.97. The summed E-state index contributed by atoms with van der Waals surface area (Å²) in [6.45, 7) is 4.13. The Morgan fingerprint density at radius 1 is 1.50 bits per heavy atom. The van der Waals surface area contributed by atoms with E-state index in [1.807, 2.05) is 5.01 Å². The number of piperidine rings is 1. The van der Waals surface area contributed by atoms with Crippen LogP contribution in [-0.2, 0) is 0 Å². The first-order valence-electron chi connectivity index (χ1n) is 5.71. The molecule has 86 valence electrons. The van der Waals surface area contributed by atoms with E-state index < -0.39 is 0 Å². The Kier molecular flexibility index (Phi) is 3.51. The summed E-state index contributed by atoms with van der Waals surface area (Å²) < 4.78 is 0. The second-order valence-corrected chi connectivity index (χ2v) is 4.35. The average Bonchev–Trinajstić information content (AvgIpc) is 2.33. The van der Waals surface area contributed by atoms with Crippen molar-refractivity contribution in [1.82, 2.24) is 15.4 Å². The second-order valence-electron chi connectivity index (χ2n) is 4.35. The van der Waals surface area contributed by atoms with Gasteiger partial charge in [0.25, 0.3) is 5.91 Å². The molecule has 0 aliphatic carbocycles. The van der Waals surface area contributed by atoms with Crippen molar-refractivity contribution in [3.05, 3.63) is 30.1 Å². The van der Waals surface area contributed by atoms with E-state index in [0.29, 0.717) is 5.56 Å². The molecular weight excluding hydrogens is 202 g/mol. The second kappa shape index (κ2) is 5.07. The van der Waals surface area contributed by atoms with E-state index in [0.717, 1.165) is 31.8 Å². The Hall–Kier alpha value is -1.42. The Bertz CT molecular complexity index is 345. The zero-order valence-electron chi connectivity index (χ0n) is 9.52. The lowest BCUT2D eigenvalue weighted by atomic mass is 10.0. The van der Waals surface area contributed by atoms with Gasteiger partial charge in [-0.1, -0.05) is 6.92 Å². The van der Waals surface area contributed by atoms with E-state index in [-0.39, 0.29) is 5.91 Å². The molecule has 0 spiro atoms. The molecule has 0 bridgehead atoms. The van der Waals surface area contributed by atoms with Gasteiger partial charge in [0.15, 0.2) is 0 Å². The van der Waals surface area contributed by atoms with Crippen LogP contribution in [0, 0.1) is 5.92 Å². The van der Waals surface area contributed by atoms with Crippen molar-refractivity contribution in [3.63, 3.8) is 0 Å². The normalized spacial score (nSPS) is 18.3. The van der Waals surface area contributed by atoms with Crippen molar-refractivity contribution in [2.24, 2.45) is 5.92 Å². The van der Waals surface area contributed by atoms with Crippen molar-refractivity contribution in [2.45, 2.75) is 19.8 Å². The van der Waals surface area contributed by atoms with Crippen molar-refractivity contribution < 1.29 is 4.79 Å². The predicted octanol–water partition coefficient (Wildman–Crippen LogP) is 1.46. The Morgan fingerprint density at radius 2 is 2.25 bits per heavy atom. The van der Waals surface area contributed by atoms with Gasteiger partial charge in [-0.05, 0) is 30.9 Å². The Balaban J connectivity index is 1.88. The van der Waals surface area contributed by atoms with E-state index in [1.165, 1.54) is 0 Å². The fraction of sp³-hybridized carbons (Fsp3) is 0.500. The molecule has 0 aromatic carbocycles. The van der Waals surface area contributed by atoms with Crippen LogP contribution in [0.25, 0.3) is 0 Å². The quantitative estimate of drug-likeness (QED) is 0.819. The van der Waals surface area contributed by atoms with Crippen LogP contribution >= 0.6 is 0 Å². The van der Waals surface area contributed by atoms with Crippen LogP contribution < -0.4 is 5.43 Å². The van der Waals surface area contributed by atoms with E-state index in [2.05, 4.69) is 17.3 Å². The molecule has 2 heterocycles. The van der Waals surface area contributed by atoms with Crippen molar-refractivity contribution in [3.8, 4) is 0 Å². The first-order valence-corrected chi connectivity index (χ1v) is 5.71. The van der Waals surface area contributed by atoms with Crippen molar-refractivity contribution in [1.29, 1.82) is 0 Å². The molecule has 0 saturated carbocycles. The number of hydrogen-bond acceptors (Lipinski definition) is 3. The highest BCUT2D eigenvalue weighted by Crippen LogP contribution is 2.14. The SMILES string of the molecule is CC1CCN(NC(=O)c2cccnc2)CC1. The average molecular weight is 219 g/mol. The van der Waals surface area contributed by atoms with Crippen LogP contribution in [0.3, 0.4) is 0 Å². The van der Waals surface area contributed by atoms with Crippen LogP contribution in [0.4, 0.5) is 0 Å².